The van der Waals surface area contributed by atoms with Gasteiger partial charge in [-0.3, -0.25) is 0 Å². The number of aryl methyl sites for hydroxylation is 1. The van der Waals surface area contributed by atoms with E-state index in [4.69, 9.17) is 5.11 Å². The summed E-state index contributed by atoms with van der Waals surface area (Å²) < 4.78 is 0. The van der Waals surface area contributed by atoms with Gasteiger partial charge < -0.3 is 20.4 Å². The quantitative estimate of drug-likeness (QED) is 0.742. The predicted octanol–water partition coefficient (Wildman–Crippen LogP) is 2.97. The van der Waals surface area contributed by atoms with E-state index in [1.807, 2.05) is 25.1 Å². The average Bonchev–Trinajstić information content (AvgIpc) is 2.67. The van der Waals surface area contributed by atoms with Gasteiger partial charge in [-0.1, -0.05) is 42.0 Å². The molecule has 1 heterocycles. The van der Waals surface area contributed by atoms with Crippen LogP contribution in [0.1, 0.15) is 39.9 Å². The highest BCUT2D eigenvalue weighted by atomic mass is 16.4. The van der Waals surface area contributed by atoms with Gasteiger partial charge in [-0.15, -0.1) is 0 Å². The lowest BCUT2D eigenvalue weighted by atomic mass is 9.85. The number of amides is 2. The number of carbonyl (C=O) groups is 2. The first-order chi connectivity index (χ1) is 13.3. The highest BCUT2D eigenvalue weighted by molar-refractivity contribution is 5.87. The molecule has 3 rings (SSSR count). The zero-order valence-corrected chi connectivity index (χ0v) is 16.0. The topological polar surface area (TPSA) is 89.9 Å². The molecule has 2 aromatic carbocycles. The number of nitrogens with zero attached hydrogens (tertiary/aromatic N) is 1. The Morgan fingerprint density at radius 2 is 1.75 bits per heavy atom. The molecule has 6 heteroatoms. The van der Waals surface area contributed by atoms with Crippen molar-refractivity contribution >= 4 is 12.0 Å². The van der Waals surface area contributed by atoms with Crippen LogP contribution in [-0.4, -0.2) is 45.8 Å². The summed E-state index contributed by atoms with van der Waals surface area (Å²) in [7, 11) is 0. The van der Waals surface area contributed by atoms with Crippen LogP contribution >= 0.6 is 0 Å². The number of likely N-dealkylation sites (tertiary alicyclic amines) is 1. The molecule has 28 heavy (non-hydrogen) atoms. The van der Waals surface area contributed by atoms with Gasteiger partial charge in [0, 0.05) is 26.1 Å². The molecule has 0 spiro atoms. The van der Waals surface area contributed by atoms with Gasteiger partial charge in [-0.05, 0) is 43.0 Å². The van der Waals surface area contributed by atoms with Crippen LogP contribution < -0.4 is 5.32 Å². The van der Waals surface area contributed by atoms with Crippen molar-refractivity contribution in [2.75, 3.05) is 13.1 Å². The number of carboxylic acids is 1. The zero-order chi connectivity index (χ0) is 20.1. The largest absolute Gasteiger partial charge is 0.478 e. The zero-order valence-electron chi connectivity index (χ0n) is 16.0. The van der Waals surface area contributed by atoms with Gasteiger partial charge in [-0.25, -0.2) is 9.59 Å². The van der Waals surface area contributed by atoms with Crippen LogP contribution in [0, 0.1) is 6.92 Å². The van der Waals surface area contributed by atoms with E-state index < -0.39 is 11.6 Å². The number of aromatic carboxylic acids is 1. The Labute approximate surface area is 164 Å². The summed E-state index contributed by atoms with van der Waals surface area (Å²) in [6.45, 7) is 3.39. The van der Waals surface area contributed by atoms with E-state index in [1.54, 1.807) is 17.0 Å². The van der Waals surface area contributed by atoms with Crippen molar-refractivity contribution in [3.63, 3.8) is 0 Å². The number of rotatable bonds is 5. The number of hydrogen-bond donors (Lipinski definition) is 3. The van der Waals surface area contributed by atoms with Crippen LogP contribution in [-0.2, 0) is 13.0 Å². The number of aliphatic hydroxyl groups is 1. The number of urea groups is 1. The van der Waals surface area contributed by atoms with Crippen LogP contribution in [0.2, 0.25) is 0 Å². The van der Waals surface area contributed by atoms with Crippen LogP contribution in [0.15, 0.2) is 48.5 Å². The van der Waals surface area contributed by atoms with E-state index in [-0.39, 0.29) is 11.6 Å². The summed E-state index contributed by atoms with van der Waals surface area (Å²) in [5, 5.41) is 22.7. The predicted molar refractivity (Wildman–Crippen MR) is 106 cm³/mol. The van der Waals surface area contributed by atoms with Gasteiger partial charge in [0.05, 0.1) is 11.2 Å². The molecule has 1 aliphatic heterocycles. The SMILES string of the molecule is Cc1cccc(CC2(O)CCN(C(=O)NCc3ccc(C(=O)O)cc3)CC2)c1. The molecule has 0 unspecified atom stereocenters. The third-order valence-corrected chi connectivity index (χ3v) is 5.24. The molecule has 0 aliphatic carbocycles. The maximum absolute atomic E-state index is 12.4. The summed E-state index contributed by atoms with van der Waals surface area (Å²) in [5.41, 5.74) is 2.57. The Morgan fingerprint density at radius 3 is 2.36 bits per heavy atom. The first-order valence-corrected chi connectivity index (χ1v) is 9.48. The van der Waals surface area contributed by atoms with E-state index in [0.717, 1.165) is 11.1 Å². The summed E-state index contributed by atoms with van der Waals surface area (Å²) >= 11 is 0. The molecule has 0 atom stereocenters. The van der Waals surface area contributed by atoms with Crippen molar-refractivity contribution < 1.29 is 19.8 Å². The molecule has 1 aliphatic rings. The maximum atomic E-state index is 12.4. The number of carboxylic acid groups (broad SMARTS) is 1. The summed E-state index contributed by atoms with van der Waals surface area (Å²) in [4.78, 5) is 25.0. The molecule has 2 aromatic rings. The fourth-order valence-corrected chi connectivity index (χ4v) is 3.56. The summed E-state index contributed by atoms with van der Waals surface area (Å²) in [5.74, 6) is -0.970. The van der Waals surface area contributed by atoms with E-state index >= 15 is 0 Å². The molecule has 1 fully saturated rings. The third-order valence-electron chi connectivity index (χ3n) is 5.24. The van der Waals surface area contributed by atoms with Gasteiger partial charge in [-0.2, -0.15) is 0 Å². The molecule has 0 radical (unpaired) electrons. The first-order valence-electron chi connectivity index (χ1n) is 9.48. The smallest absolute Gasteiger partial charge is 0.335 e. The van der Waals surface area contributed by atoms with Crippen LogP contribution in [0.4, 0.5) is 4.79 Å². The van der Waals surface area contributed by atoms with Gasteiger partial charge >= 0.3 is 12.0 Å². The second-order valence-corrected chi connectivity index (χ2v) is 7.54. The van der Waals surface area contributed by atoms with Crippen LogP contribution in [0.3, 0.4) is 0 Å². The maximum Gasteiger partial charge on any atom is 0.335 e. The van der Waals surface area contributed by atoms with Crippen molar-refractivity contribution in [2.45, 2.75) is 38.3 Å². The first kappa shape index (κ1) is 19.9. The highest BCUT2D eigenvalue weighted by Gasteiger charge is 2.34. The van der Waals surface area contributed by atoms with Crippen molar-refractivity contribution in [1.82, 2.24) is 10.2 Å². The van der Waals surface area contributed by atoms with Gasteiger partial charge in [0.1, 0.15) is 0 Å². The molecular weight excluding hydrogens is 356 g/mol. The van der Waals surface area contributed by atoms with Gasteiger partial charge in [0.2, 0.25) is 0 Å². The minimum atomic E-state index is -0.970. The lowest BCUT2D eigenvalue weighted by Gasteiger charge is -2.38. The molecule has 6 nitrogen and oxygen atoms in total. The molecule has 1 saturated heterocycles. The highest BCUT2D eigenvalue weighted by Crippen LogP contribution is 2.26. The number of hydrogen-bond acceptors (Lipinski definition) is 3. The summed E-state index contributed by atoms with van der Waals surface area (Å²) in [6.07, 6.45) is 1.68. The molecule has 0 saturated carbocycles. The number of nitrogens with one attached hydrogen (secondary N) is 1. The summed E-state index contributed by atoms with van der Waals surface area (Å²) in [6, 6.07) is 14.4. The molecule has 0 aromatic heterocycles. The second kappa shape index (κ2) is 8.44. The molecule has 3 N–H and O–H groups in total. The van der Waals surface area contributed by atoms with Crippen molar-refractivity contribution in [3.05, 3.63) is 70.8 Å². The lowest BCUT2D eigenvalue weighted by molar-refractivity contribution is -0.0116. The Kier molecular flexibility index (Phi) is 5.99. The van der Waals surface area contributed by atoms with Crippen molar-refractivity contribution in [1.29, 1.82) is 0 Å². The Hall–Kier alpha value is -2.86. The van der Waals surface area contributed by atoms with Crippen LogP contribution in [0.25, 0.3) is 0 Å². The Bertz CT molecular complexity index is 840. The van der Waals surface area contributed by atoms with Crippen molar-refractivity contribution in [3.8, 4) is 0 Å². The van der Waals surface area contributed by atoms with Gasteiger partial charge in [0.15, 0.2) is 0 Å². The standard InChI is InChI=1S/C22H26N2O4/c1-16-3-2-4-18(13-16)14-22(28)9-11-24(12-10-22)21(27)23-15-17-5-7-19(8-6-17)20(25)26/h2-8,13,28H,9-12,14-15H2,1H3,(H,23,27)(H,25,26). The fourth-order valence-electron chi connectivity index (χ4n) is 3.56. The van der Waals surface area contributed by atoms with Gasteiger partial charge in [0.25, 0.3) is 0 Å². The van der Waals surface area contributed by atoms with E-state index in [9.17, 15) is 14.7 Å². The monoisotopic (exact) mass is 382 g/mol. The van der Waals surface area contributed by atoms with Crippen molar-refractivity contribution in [2.24, 2.45) is 0 Å². The number of carbonyl (C=O) groups excluding carboxylic acids is 1. The average molecular weight is 382 g/mol. The second-order valence-electron chi connectivity index (χ2n) is 7.54. The normalized spacial score (nSPS) is 15.9. The lowest BCUT2D eigenvalue weighted by Crippen LogP contribution is -2.50. The third kappa shape index (κ3) is 5.10. The fraction of sp³-hybridized carbons (Fsp3) is 0.364. The van der Waals surface area contributed by atoms with E-state index in [2.05, 4.69) is 11.4 Å². The molecule has 2 amide bonds. The Balaban J connectivity index is 1.48. The number of piperidine rings is 1. The Morgan fingerprint density at radius 1 is 1.07 bits per heavy atom. The minimum Gasteiger partial charge on any atom is -0.478 e. The minimum absolute atomic E-state index is 0.167. The molecular formula is C22H26N2O4. The van der Waals surface area contributed by atoms with E-state index in [0.29, 0.717) is 38.9 Å². The van der Waals surface area contributed by atoms with Crippen LogP contribution in [0.5, 0.6) is 0 Å². The van der Waals surface area contributed by atoms with E-state index in [1.165, 1.54) is 17.7 Å². The number of benzene rings is 2. The molecule has 148 valence electrons. The molecule has 0 bridgehead atoms.